The second kappa shape index (κ2) is 4.71. The Morgan fingerprint density at radius 2 is 2.43 bits per heavy atom. The first-order valence-corrected chi connectivity index (χ1v) is 4.50. The van der Waals surface area contributed by atoms with Gasteiger partial charge >= 0.3 is 5.82 Å². The number of unbranched alkanes of at least 4 members (excludes halogenated alkanes) is 1. The molecule has 1 heterocycles. The van der Waals surface area contributed by atoms with Gasteiger partial charge in [-0.1, -0.05) is 13.3 Å². The van der Waals surface area contributed by atoms with Crippen LogP contribution in [0.1, 0.15) is 25.6 Å². The third kappa shape index (κ3) is 2.08. The van der Waals surface area contributed by atoms with Gasteiger partial charge in [-0.3, -0.25) is 0 Å². The van der Waals surface area contributed by atoms with Gasteiger partial charge in [0.1, 0.15) is 12.8 Å². The molecule has 1 rings (SSSR count). The summed E-state index contributed by atoms with van der Waals surface area (Å²) in [6.07, 6.45) is 2.96. The van der Waals surface area contributed by atoms with Gasteiger partial charge in [-0.25, -0.2) is 9.55 Å². The van der Waals surface area contributed by atoms with Crippen LogP contribution in [0.5, 0.6) is 0 Å². The second-order valence-corrected chi connectivity index (χ2v) is 2.95. The molecule has 0 amide bonds. The Hall–Kier alpha value is -1.43. The Morgan fingerprint density at radius 3 is 2.93 bits per heavy atom. The number of hydrogen-bond acceptors (Lipinski definition) is 4. The standard InChI is InChI=1S/C8H13N3O3/c1-2-3-4-10-7(6-12)9-5-8(10)11(13)14/h5,12H,2-4,6H2,1H3. The van der Waals surface area contributed by atoms with Crippen LogP contribution in [0.2, 0.25) is 0 Å². The smallest absolute Gasteiger partial charge is 0.342 e. The normalized spacial score (nSPS) is 10.4. The van der Waals surface area contributed by atoms with E-state index in [1.165, 1.54) is 10.8 Å². The molecule has 0 fully saturated rings. The zero-order valence-corrected chi connectivity index (χ0v) is 8.01. The van der Waals surface area contributed by atoms with E-state index < -0.39 is 4.92 Å². The molecule has 6 heteroatoms. The van der Waals surface area contributed by atoms with Gasteiger partial charge < -0.3 is 15.2 Å². The molecule has 0 aliphatic carbocycles. The van der Waals surface area contributed by atoms with E-state index in [0.717, 1.165) is 12.8 Å². The molecular weight excluding hydrogens is 186 g/mol. The van der Waals surface area contributed by atoms with E-state index in [1.807, 2.05) is 6.92 Å². The van der Waals surface area contributed by atoms with E-state index in [9.17, 15) is 10.1 Å². The zero-order valence-electron chi connectivity index (χ0n) is 8.01. The van der Waals surface area contributed by atoms with Crippen molar-refractivity contribution < 1.29 is 10.0 Å². The van der Waals surface area contributed by atoms with Crippen LogP contribution in [0.4, 0.5) is 5.82 Å². The van der Waals surface area contributed by atoms with Crippen LogP contribution >= 0.6 is 0 Å². The highest BCUT2D eigenvalue weighted by Crippen LogP contribution is 2.15. The van der Waals surface area contributed by atoms with Crippen molar-refractivity contribution in [3.63, 3.8) is 0 Å². The van der Waals surface area contributed by atoms with Gasteiger partial charge in [0.2, 0.25) is 5.82 Å². The summed E-state index contributed by atoms with van der Waals surface area (Å²) in [7, 11) is 0. The first-order chi connectivity index (χ1) is 6.70. The van der Waals surface area contributed by atoms with Crippen molar-refractivity contribution in [3.05, 3.63) is 22.1 Å². The van der Waals surface area contributed by atoms with E-state index >= 15 is 0 Å². The molecule has 0 spiro atoms. The molecule has 0 saturated heterocycles. The molecule has 0 atom stereocenters. The van der Waals surface area contributed by atoms with E-state index in [-0.39, 0.29) is 12.4 Å². The van der Waals surface area contributed by atoms with Gasteiger partial charge in [0, 0.05) is 0 Å². The van der Waals surface area contributed by atoms with Crippen LogP contribution in [0.25, 0.3) is 0 Å². The molecule has 0 aliphatic rings. The van der Waals surface area contributed by atoms with Crippen LogP contribution in [0.3, 0.4) is 0 Å². The predicted octanol–water partition coefficient (Wildman–Crippen LogP) is 1.08. The Kier molecular flexibility index (Phi) is 3.58. The predicted molar refractivity (Wildman–Crippen MR) is 49.7 cm³/mol. The zero-order chi connectivity index (χ0) is 10.6. The third-order valence-electron chi connectivity index (χ3n) is 1.98. The topological polar surface area (TPSA) is 81.2 Å². The molecule has 0 aromatic carbocycles. The van der Waals surface area contributed by atoms with E-state index in [0.29, 0.717) is 12.4 Å². The van der Waals surface area contributed by atoms with Crippen LogP contribution in [0.15, 0.2) is 6.20 Å². The molecule has 0 unspecified atom stereocenters. The van der Waals surface area contributed by atoms with Crippen molar-refractivity contribution in [2.24, 2.45) is 0 Å². The summed E-state index contributed by atoms with van der Waals surface area (Å²) in [4.78, 5) is 13.9. The lowest BCUT2D eigenvalue weighted by atomic mass is 10.3. The summed E-state index contributed by atoms with van der Waals surface area (Å²) in [5.74, 6) is 0.299. The number of aliphatic hydroxyl groups is 1. The molecule has 6 nitrogen and oxygen atoms in total. The van der Waals surface area contributed by atoms with Crippen LogP contribution in [-0.4, -0.2) is 19.6 Å². The van der Waals surface area contributed by atoms with Crippen molar-refractivity contribution in [2.75, 3.05) is 0 Å². The maximum absolute atomic E-state index is 10.6. The summed E-state index contributed by atoms with van der Waals surface area (Å²) in [5, 5.41) is 19.5. The van der Waals surface area contributed by atoms with Crippen LogP contribution in [-0.2, 0) is 13.2 Å². The lowest BCUT2D eigenvalue weighted by Crippen LogP contribution is -2.07. The van der Waals surface area contributed by atoms with Crippen LogP contribution in [0, 0.1) is 10.1 Å². The lowest BCUT2D eigenvalue weighted by molar-refractivity contribution is -0.392. The molecular formula is C8H13N3O3. The maximum atomic E-state index is 10.6. The summed E-state index contributed by atoms with van der Waals surface area (Å²) in [6, 6.07) is 0. The highest BCUT2D eigenvalue weighted by atomic mass is 16.6. The molecule has 0 bridgehead atoms. The van der Waals surface area contributed by atoms with Gasteiger partial charge in [0.25, 0.3) is 0 Å². The minimum absolute atomic E-state index is 0.0532. The van der Waals surface area contributed by atoms with E-state index in [2.05, 4.69) is 4.98 Å². The summed E-state index contributed by atoms with van der Waals surface area (Å²) in [5.41, 5.74) is 0. The fourth-order valence-corrected chi connectivity index (χ4v) is 1.24. The summed E-state index contributed by atoms with van der Waals surface area (Å²) in [6.45, 7) is 2.27. The van der Waals surface area contributed by atoms with Gasteiger partial charge in [-0.15, -0.1) is 0 Å². The highest BCUT2D eigenvalue weighted by Gasteiger charge is 2.18. The Bertz CT molecular complexity index is 322. The molecule has 1 aromatic heterocycles. The quantitative estimate of drug-likeness (QED) is 0.568. The van der Waals surface area contributed by atoms with Crippen molar-refractivity contribution in [2.45, 2.75) is 32.9 Å². The minimum atomic E-state index is -0.484. The SMILES string of the molecule is CCCCn1c([N+](=O)[O-])cnc1CO. The first-order valence-electron chi connectivity index (χ1n) is 4.50. The minimum Gasteiger partial charge on any atom is -0.386 e. The Balaban J connectivity index is 2.93. The van der Waals surface area contributed by atoms with E-state index in [4.69, 9.17) is 5.11 Å². The highest BCUT2D eigenvalue weighted by molar-refractivity contribution is 5.18. The number of aliphatic hydroxyl groups excluding tert-OH is 1. The summed E-state index contributed by atoms with van der Waals surface area (Å²) < 4.78 is 1.45. The third-order valence-corrected chi connectivity index (χ3v) is 1.98. The number of rotatable bonds is 5. The van der Waals surface area contributed by atoms with Gasteiger partial charge in [0.15, 0.2) is 0 Å². The summed E-state index contributed by atoms with van der Waals surface area (Å²) >= 11 is 0. The van der Waals surface area contributed by atoms with E-state index in [1.54, 1.807) is 0 Å². The number of imidazole rings is 1. The van der Waals surface area contributed by atoms with Crippen molar-refractivity contribution in [1.29, 1.82) is 0 Å². The Labute approximate surface area is 81.3 Å². The molecule has 0 aliphatic heterocycles. The second-order valence-electron chi connectivity index (χ2n) is 2.95. The van der Waals surface area contributed by atoms with Gasteiger partial charge in [0.05, 0.1) is 6.54 Å². The van der Waals surface area contributed by atoms with Crippen molar-refractivity contribution in [3.8, 4) is 0 Å². The number of nitro groups is 1. The number of hydrogen-bond donors (Lipinski definition) is 1. The fourth-order valence-electron chi connectivity index (χ4n) is 1.24. The molecule has 0 saturated carbocycles. The number of nitrogens with zero attached hydrogens (tertiary/aromatic N) is 3. The Morgan fingerprint density at radius 1 is 1.71 bits per heavy atom. The number of aromatic nitrogens is 2. The van der Waals surface area contributed by atoms with Crippen molar-refractivity contribution in [1.82, 2.24) is 9.55 Å². The van der Waals surface area contributed by atoms with Crippen LogP contribution < -0.4 is 0 Å². The monoisotopic (exact) mass is 199 g/mol. The average Bonchev–Trinajstić information content (AvgIpc) is 2.57. The molecule has 14 heavy (non-hydrogen) atoms. The fraction of sp³-hybridized carbons (Fsp3) is 0.625. The molecule has 78 valence electrons. The lowest BCUT2D eigenvalue weighted by Gasteiger charge is -2.01. The van der Waals surface area contributed by atoms with Gasteiger partial charge in [-0.2, -0.15) is 0 Å². The molecule has 0 radical (unpaired) electrons. The first kappa shape index (κ1) is 10.6. The van der Waals surface area contributed by atoms with Gasteiger partial charge in [-0.05, 0) is 11.3 Å². The molecule has 1 aromatic rings. The average molecular weight is 199 g/mol. The van der Waals surface area contributed by atoms with Crippen molar-refractivity contribution >= 4 is 5.82 Å². The maximum Gasteiger partial charge on any atom is 0.342 e. The largest absolute Gasteiger partial charge is 0.386 e. The molecule has 1 N–H and O–H groups in total.